The number of carbonyl (C=O) groups is 2. The Bertz CT molecular complexity index is 1290. The number of likely N-dealkylation sites (N-methyl/N-ethyl adjacent to an activating group) is 1. The van der Waals surface area contributed by atoms with Crippen molar-refractivity contribution in [3.63, 3.8) is 0 Å². The molecule has 0 aliphatic carbocycles. The number of carbonyl (C=O) groups excluding carboxylic acids is 2. The fraction of sp³-hybridized carbons (Fsp3) is 0.217. The highest BCUT2D eigenvalue weighted by atomic mass is 16.3. The Morgan fingerprint density at radius 3 is 2.97 bits per heavy atom. The number of nitrogens with zero attached hydrogens (tertiary/aromatic N) is 3. The van der Waals surface area contributed by atoms with Gasteiger partial charge in [-0.2, -0.15) is 4.99 Å². The second kappa shape index (κ2) is 8.04. The van der Waals surface area contributed by atoms with Gasteiger partial charge in [0.25, 0.3) is 5.91 Å². The third-order valence-electron chi connectivity index (χ3n) is 5.16. The summed E-state index contributed by atoms with van der Waals surface area (Å²) < 4.78 is 5.89. The van der Waals surface area contributed by atoms with E-state index in [-0.39, 0.29) is 11.8 Å². The lowest BCUT2D eigenvalue weighted by Crippen LogP contribution is -2.31. The predicted molar refractivity (Wildman–Crippen MR) is 114 cm³/mol. The van der Waals surface area contributed by atoms with E-state index in [0.717, 1.165) is 33.1 Å². The van der Waals surface area contributed by atoms with E-state index < -0.39 is 6.04 Å². The number of pyridine rings is 1. The van der Waals surface area contributed by atoms with Gasteiger partial charge in [0, 0.05) is 35.5 Å². The highest BCUT2D eigenvalue weighted by Crippen LogP contribution is 2.25. The van der Waals surface area contributed by atoms with E-state index in [1.807, 2.05) is 43.3 Å². The van der Waals surface area contributed by atoms with E-state index in [1.165, 1.54) is 6.08 Å². The third-order valence-corrected chi connectivity index (χ3v) is 5.16. The summed E-state index contributed by atoms with van der Waals surface area (Å²) in [6.07, 6.45) is 7.01. The first-order chi connectivity index (χ1) is 14.4. The number of para-hydroxylation sites is 1. The van der Waals surface area contributed by atoms with E-state index in [1.54, 1.807) is 24.2 Å². The van der Waals surface area contributed by atoms with Crippen LogP contribution in [0, 0.1) is 6.92 Å². The number of hydrogen-bond donors (Lipinski definition) is 1. The molecule has 0 saturated heterocycles. The van der Waals surface area contributed by atoms with Crippen LogP contribution in [0.2, 0.25) is 0 Å². The van der Waals surface area contributed by atoms with Crippen LogP contribution < -0.4 is 16.4 Å². The van der Waals surface area contributed by atoms with Gasteiger partial charge in [0.1, 0.15) is 11.3 Å². The van der Waals surface area contributed by atoms with Gasteiger partial charge in [0.15, 0.2) is 5.49 Å². The lowest BCUT2D eigenvalue weighted by Gasteiger charge is -2.13. The molecule has 1 aliphatic rings. The van der Waals surface area contributed by atoms with Crippen LogP contribution in [0.4, 0.5) is 0 Å². The Kier molecular flexibility index (Phi) is 5.29. The second-order valence-electron chi connectivity index (χ2n) is 7.35. The van der Waals surface area contributed by atoms with Crippen molar-refractivity contribution in [1.82, 2.24) is 9.88 Å². The lowest BCUT2D eigenvalue weighted by atomic mass is 10.1. The molecule has 2 N–H and O–H groups in total. The van der Waals surface area contributed by atoms with Gasteiger partial charge in [-0.25, -0.2) is 4.98 Å². The Morgan fingerprint density at radius 1 is 1.37 bits per heavy atom. The van der Waals surface area contributed by atoms with Gasteiger partial charge in [0.2, 0.25) is 5.91 Å². The molecule has 0 fully saturated rings. The van der Waals surface area contributed by atoms with Crippen molar-refractivity contribution in [3.05, 3.63) is 70.2 Å². The molecule has 0 unspecified atom stereocenters. The summed E-state index contributed by atoms with van der Waals surface area (Å²) in [7, 11) is 1.73. The maximum atomic E-state index is 12.6. The molecule has 0 bridgehead atoms. The molecule has 1 aromatic carbocycles. The Labute approximate surface area is 173 Å². The van der Waals surface area contributed by atoms with E-state index in [2.05, 4.69) is 9.98 Å². The van der Waals surface area contributed by atoms with Crippen molar-refractivity contribution in [2.45, 2.75) is 25.9 Å². The average Bonchev–Trinajstić information content (AvgIpc) is 2.98. The average molecular weight is 402 g/mol. The molecular weight excluding hydrogens is 380 g/mol. The van der Waals surface area contributed by atoms with Crippen molar-refractivity contribution in [3.8, 4) is 0 Å². The van der Waals surface area contributed by atoms with Crippen molar-refractivity contribution in [2.24, 2.45) is 10.7 Å². The zero-order valence-electron chi connectivity index (χ0n) is 16.8. The summed E-state index contributed by atoms with van der Waals surface area (Å²) in [4.78, 5) is 34.1. The second-order valence-corrected chi connectivity index (χ2v) is 7.35. The summed E-state index contributed by atoms with van der Waals surface area (Å²) in [5, 5.41) is 1.79. The quantitative estimate of drug-likeness (QED) is 0.666. The van der Waals surface area contributed by atoms with Crippen molar-refractivity contribution in [2.75, 3.05) is 7.05 Å². The number of amides is 2. The zero-order chi connectivity index (χ0) is 21.3. The zero-order valence-corrected chi connectivity index (χ0v) is 16.8. The van der Waals surface area contributed by atoms with Crippen LogP contribution >= 0.6 is 0 Å². The standard InChI is InChI=1S/C23H22N4O3/c1-14-17-5-3-4-6-19(17)30-20(14)13-27(2)21(28)10-7-15-11-16-8-9-18(24)23(29)26-22(16)25-12-15/h3-8,10-12,18H,9,13,24H2,1-2H3/b10-7+/t18-/m1/s1. The number of furan rings is 1. The molecule has 4 rings (SSSR count). The van der Waals surface area contributed by atoms with Crippen LogP contribution in [-0.2, 0) is 16.1 Å². The highest BCUT2D eigenvalue weighted by Gasteiger charge is 2.15. The molecule has 7 nitrogen and oxygen atoms in total. The SMILES string of the molecule is Cc1c(CN(C)C(=O)/C=C/c2cnc3c(c2)=CC[C@@H](N)C(=O)N=3)oc2ccccc12. The molecule has 152 valence electrons. The van der Waals surface area contributed by atoms with E-state index in [9.17, 15) is 9.59 Å². The van der Waals surface area contributed by atoms with Crippen LogP contribution in [0.25, 0.3) is 23.1 Å². The fourth-order valence-electron chi connectivity index (χ4n) is 3.33. The van der Waals surface area contributed by atoms with Gasteiger partial charge in [0.05, 0.1) is 12.6 Å². The minimum Gasteiger partial charge on any atom is -0.459 e. The number of benzene rings is 1. The molecule has 30 heavy (non-hydrogen) atoms. The van der Waals surface area contributed by atoms with Gasteiger partial charge in [-0.3, -0.25) is 9.59 Å². The van der Waals surface area contributed by atoms with Gasteiger partial charge < -0.3 is 15.1 Å². The number of aromatic nitrogens is 1. The number of nitrogens with two attached hydrogens (primary N) is 1. The molecule has 0 spiro atoms. The molecule has 2 aromatic heterocycles. The normalized spacial score (nSPS) is 16.1. The molecule has 1 atom stereocenters. The molecular formula is C23H22N4O3. The minimum absolute atomic E-state index is 0.157. The van der Waals surface area contributed by atoms with Crippen molar-refractivity contribution >= 4 is 34.9 Å². The van der Waals surface area contributed by atoms with Crippen LogP contribution in [0.3, 0.4) is 0 Å². The predicted octanol–water partition coefficient (Wildman–Crippen LogP) is 1.47. The number of hydrogen-bond acceptors (Lipinski definition) is 5. The molecule has 3 heterocycles. The summed E-state index contributed by atoms with van der Waals surface area (Å²) >= 11 is 0. The molecule has 0 radical (unpaired) electrons. The Balaban J connectivity index is 1.50. The van der Waals surface area contributed by atoms with Crippen LogP contribution in [0.5, 0.6) is 0 Å². The number of aryl methyl sites for hydroxylation is 1. The van der Waals surface area contributed by atoms with Crippen LogP contribution in [0.1, 0.15) is 23.3 Å². The van der Waals surface area contributed by atoms with Crippen LogP contribution in [0.15, 0.2) is 52.0 Å². The largest absolute Gasteiger partial charge is 0.459 e. The third kappa shape index (κ3) is 3.92. The Hall–Kier alpha value is -3.58. The molecule has 2 amide bonds. The maximum absolute atomic E-state index is 12.6. The topological polar surface area (TPSA) is 102 Å². The van der Waals surface area contributed by atoms with Crippen molar-refractivity contribution in [1.29, 1.82) is 0 Å². The molecule has 7 heteroatoms. The summed E-state index contributed by atoms with van der Waals surface area (Å²) in [6, 6.07) is 9.02. The molecule has 0 saturated carbocycles. The fourth-order valence-corrected chi connectivity index (χ4v) is 3.33. The van der Waals surface area contributed by atoms with E-state index in [0.29, 0.717) is 18.5 Å². The van der Waals surface area contributed by atoms with Crippen LogP contribution in [-0.4, -0.2) is 34.8 Å². The minimum atomic E-state index is -0.643. The monoisotopic (exact) mass is 402 g/mol. The molecule has 1 aliphatic heterocycles. The smallest absolute Gasteiger partial charge is 0.264 e. The first-order valence-electron chi connectivity index (χ1n) is 9.67. The van der Waals surface area contributed by atoms with Gasteiger partial charge >= 0.3 is 0 Å². The highest BCUT2D eigenvalue weighted by molar-refractivity contribution is 5.91. The van der Waals surface area contributed by atoms with Gasteiger partial charge in [-0.15, -0.1) is 0 Å². The van der Waals surface area contributed by atoms with E-state index >= 15 is 0 Å². The summed E-state index contributed by atoms with van der Waals surface area (Å²) in [5.74, 6) is 0.235. The number of rotatable bonds is 4. The first-order valence-corrected chi connectivity index (χ1v) is 9.67. The number of fused-ring (bicyclic) bond motifs is 2. The lowest BCUT2D eigenvalue weighted by molar-refractivity contribution is -0.125. The van der Waals surface area contributed by atoms with Crippen molar-refractivity contribution < 1.29 is 14.0 Å². The molecule has 3 aromatic rings. The van der Waals surface area contributed by atoms with E-state index in [4.69, 9.17) is 10.2 Å². The van der Waals surface area contributed by atoms with Gasteiger partial charge in [-0.1, -0.05) is 24.3 Å². The van der Waals surface area contributed by atoms with Gasteiger partial charge in [-0.05, 0) is 37.1 Å². The Morgan fingerprint density at radius 2 is 2.17 bits per heavy atom. The summed E-state index contributed by atoms with van der Waals surface area (Å²) in [5.41, 5.74) is 8.70. The summed E-state index contributed by atoms with van der Waals surface area (Å²) in [6.45, 7) is 2.37. The maximum Gasteiger partial charge on any atom is 0.264 e. The first kappa shape index (κ1) is 19.7.